The molecule has 0 N–H and O–H groups in total. The Morgan fingerprint density at radius 3 is 2.62 bits per heavy atom. The first-order valence-electron chi connectivity index (χ1n) is 3.67. The third kappa shape index (κ3) is 2.42. The monoisotopic (exact) mass is 258 g/mol. The second-order valence-electron chi connectivity index (χ2n) is 2.74. The highest BCUT2D eigenvalue weighted by molar-refractivity contribution is 9.10. The molecule has 1 rings (SSSR count). The minimum Gasteiger partial charge on any atom is -0.289 e. The van der Waals surface area contributed by atoms with Gasteiger partial charge in [0.25, 0.3) is 0 Å². The average molecular weight is 260 g/mol. The summed E-state index contributed by atoms with van der Waals surface area (Å²) in [4.78, 5) is 11.4. The van der Waals surface area contributed by atoms with Gasteiger partial charge in [0.1, 0.15) is 0 Å². The Hall–Kier alpha value is -0.600. The van der Waals surface area contributed by atoms with E-state index >= 15 is 0 Å². The molecule has 0 spiro atoms. The quantitative estimate of drug-likeness (QED) is 0.582. The fraction of sp³-hybridized carbons (Fsp3) is 0.100. The van der Waals surface area contributed by atoms with Gasteiger partial charge in [0.2, 0.25) is 0 Å². The maximum Gasteiger partial charge on any atom is 0.188 e. The van der Waals surface area contributed by atoms with Gasteiger partial charge in [0.15, 0.2) is 5.78 Å². The van der Waals surface area contributed by atoms with E-state index in [4.69, 9.17) is 11.6 Å². The van der Waals surface area contributed by atoms with Crippen molar-refractivity contribution in [2.45, 2.75) is 6.92 Å². The van der Waals surface area contributed by atoms with Crippen molar-refractivity contribution in [2.75, 3.05) is 0 Å². The molecule has 13 heavy (non-hydrogen) atoms. The smallest absolute Gasteiger partial charge is 0.188 e. The lowest BCUT2D eigenvalue weighted by Crippen LogP contribution is -1.98. The van der Waals surface area contributed by atoms with E-state index < -0.39 is 0 Å². The highest BCUT2D eigenvalue weighted by Crippen LogP contribution is 2.24. The van der Waals surface area contributed by atoms with E-state index in [1.165, 1.54) is 0 Å². The number of hydrogen-bond donors (Lipinski definition) is 0. The number of Topliss-reactive ketones (excluding diaryl/α,β-unsaturated/α-hetero) is 1. The summed E-state index contributed by atoms with van der Waals surface area (Å²) in [6, 6.07) is 5.06. The molecular weight excluding hydrogens is 251 g/mol. The maximum atomic E-state index is 11.4. The highest BCUT2D eigenvalue weighted by atomic mass is 79.9. The first-order chi connectivity index (χ1) is 6.02. The van der Waals surface area contributed by atoms with Gasteiger partial charge in [-0.25, -0.2) is 0 Å². The predicted octanol–water partition coefficient (Wildman–Crippen LogP) is 3.86. The molecule has 0 atom stereocenters. The molecule has 68 valence electrons. The summed E-state index contributed by atoms with van der Waals surface area (Å²) in [6.45, 7) is 5.27. The van der Waals surface area contributed by atoms with Gasteiger partial charge in [0.05, 0.1) is 5.02 Å². The van der Waals surface area contributed by atoms with E-state index in [2.05, 4.69) is 22.5 Å². The van der Waals surface area contributed by atoms with Gasteiger partial charge in [-0.2, -0.15) is 0 Å². The minimum atomic E-state index is -0.0580. The molecule has 1 aromatic rings. The Morgan fingerprint density at radius 2 is 2.15 bits per heavy atom. The van der Waals surface area contributed by atoms with Gasteiger partial charge in [-0.1, -0.05) is 18.2 Å². The molecule has 0 unspecified atom stereocenters. The number of rotatable bonds is 2. The lowest BCUT2D eigenvalue weighted by molar-refractivity contribution is 0.103. The van der Waals surface area contributed by atoms with Crippen molar-refractivity contribution in [1.29, 1.82) is 0 Å². The fourth-order valence-corrected chi connectivity index (χ4v) is 1.38. The number of halogens is 2. The number of carbonyl (C=O) groups is 1. The van der Waals surface area contributed by atoms with E-state index in [-0.39, 0.29) is 5.78 Å². The maximum absolute atomic E-state index is 11.4. The van der Waals surface area contributed by atoms with Gasteiger partial charge < -0.3 is 0 Å². The zero-order valence-electron chi connectivity index (χ0n) is 7.10. The van der Waals surface area contributed by atoms with Crippen LogP contribution < -0.4 is 0 Å². The highest BCUT2D eigenvalue weighted by Gasteiger charge is 2.07. The van der Waals surface area contributed by atoms with E-state index in [0.717, 1.165) is 4.47 Å². The van der Waals surface area contributed by atoms with Gasteiger partial charge >= 0.3 is 0 Å². The lowest BCUT2D eigenvalue weighted by atomic mass is 10.1. The third-order valence-corrected chi connectivity index (χ3v) is 2.78. The SMILES string of the molecule is C=C(C)C(=O)c1ccc(Cl)c(Br)c1. The molecule has 0 aromatic heterocycles. The molecule has 0 fully saturated rings. The molecule has 0 saturated heterocycles. The molecule has 0 radical (unpaired) electrons. The van der Waals surface area contributed by atoms with Crippen molar-refractivity contribution in [2.24, 2.45) is 0 Å². The number of carbonyl (C=O) groups excluding carboxylic acids is 1. The summed E-state index contributed by atoms with van der Waals surface area (Å²) in [5.74, 6) is -0.0580. The van der Waals surface area contributed by atoms with Crippen molar-refractivity contribution >= 4 is 33.3 Å². The van der Waals surface area contributed by atoms with Crippen LogP contribution in [0, 0.1) is 0 Å². The van der Waals surface area contributed by atoms with Gasteiger partial charge in [-0.3, -0.25) is 4.79 Å². The van der Waals surface area contributed by atoms with E-state index in [0.29, 0.717) is 16.2 Å². The number of ketones is 1. The molecule has 0 aliphatic carbocycles. The number of benzene rings is 1. The standard InChI is InChI=1S/C10H8BrClO/c1-6(2)10(13)7-3-4-9(12)8(11)5-7/h3-5H,1H2,2H3. The van der Waals surface area contributed by atoms with Gasteiger partial charge in [-0.15, -0.1) is 0 Å². The molecule has 0 amide bonds. The third-order valence-electron chi connectivity index (χ3n) is 1.57. The van der Waals surface area contributed by atoms with Crippen LogP contribution >= 0.6 is 27.5 Å². The van der Waals surface area contributed by atoms with Crippen LogP contribution in [-0.4, -0.2) is 5.78 Å². The van der Waals surface area contributed by atoms with E-state index in [9.17, 15) is 4.79 Å². The Labute approximate surface area is 90.5 Å². The predicted molar refractivity (Wildman–Crippen MR) is 58.3 cm³/mol. The zero-order chi connectivity index (χ0) is 10.0. The second kappa shape index (κ2) is 4.07. The number of allylic oxidation sites excluding steroid dienone is 1. The molecule has 1 aromatic carbocycles. The number of hydrogen-bond acceptors (Lipinski definition) is 1. The second-order valence-corrected chi connectivity index (χ2v) is 4.00. The molecule has 0 aliphatic rings. The molecule has 0 aliphatic heterocycles. The first kappa shape index (κ1) is 10.5. The van der Waals surface area contributed by atoms with Crippen LogP contribution in [-0.2, 0) is 0 Å². The Morgan fingerprint density at radius 1 is 1.54 bits per heavy atom. The summed E-state index contributed by atoms with van der Waals surface area (Å²) < 4.78 is 0.723. The van der Waals surface area contributed by atoms with Crippen LogP contribution in [0.5, 0.6) is 0 Å². The van der Waals surface area contributed by atoms with Crippen LogP contribution in [0.25, 0.3) is 0 Å². The summed E-state index contributed by atoms with van der Waals surface area (Å²) in [6.07, 6.45) is 0. The van der Waals surface area contributed by atoms with Crippen molar-refractivity contribution < 1.29 is 4.79 Å². The van der Waals surface area contributed by atoms with Gasteiger partial charge in [-0.05, 0) is 46.6 Å². The van der Waals surface area contributed by atoms with Crippen LogP contribution in [0.15, 0.2) is 34.8 Å². The van der Waals surface area contributed by atoms with Crippen LogP contribution in [0.1, 0.15) is 17.3 Å². The molecular formula is C10H8BrClO. The first-order valence-corrected chi connectivity index (χ1v) is 4.84. The lowest BCUT2D eigenvalue weighted by Gasteiger charge is -2.01. The molecule has 0 heterocycles. The summed E-state index contributed by atoms with van der Waals surface area (Å²) in [5, 5.41) is 0.596. The normalized spacial score (nSPS) is 9.77. The van der Waals surface area contributed by atoms with E-state index in [1.807, 2.05) is 0 Å². The van der Waals surface area contributed by atoms with Crippen molar-refractivity contribution in [1.82, 2.24) is 0 Å². The molecule has 0 bridgehead atoms. The summed E-state index contributed by atoms with van der Waals surface area (Å²) in [5.41, 5.74) is 1.12. The fourth-order valence-electron chi connectivity index (χ4n) is 0.884. The zero-order valence-corrected chi connectivity index (χ0v) is 9.45. The Bertz CT molecular complexity index is 371. The molecule has 1 nitrogen and oxygen atoms in total. The molecule has 0 saturated carbocycles. The summed E-state index contributed by atoms with van der Waals surface area (Å²) >= 11 is 9.03. The van der Waals surface area contributed by atoms with Crippen molar-refractivity contribution in [3.63, 3.8) is 0 Å². The largest absolute Gasteiger partial charge is 0.289 e. The average Bonchev–Trinajstić information content (AvgIpc) is 2.08. The molecule has 3 heteroatoms. The van der Waals surface area contributed by atoms with Gasteiger partial charge in [0, 0.05) is 10.0 Å². The van der Waals surface area contributed by atoms with Crippen LogP contribution in [0.3, 0.4) is 0 Å². The topological polar surface area (TPSA) is 17.1 Å². The van der Waals surface area contributed by atoms with Crippen LogP contribution in [0.4, 0.5) is 0 Å². The Balaban J connectivity index is 3.11. The summed E-state index contributed by atoms with van der Waals surface area (Å²) in [7, 11) is 0. The van der Waals surface area contributed by atoms with E-state index in [1.54, 1.807) is 25.1 Å². The van der Waals surface area contributed by atoms with Crippen molar-refractivity contribution in [3.8, 4) is 0 Å². The minimum absolute atomic E-state index is 0.0580. The van der Waals surface area contributed by atoms with Crippen LogP contribution in [0.2, 0.25) is 5.02 Å². The van der Waals surface area contributed by atoms with Crippen molar-refractivity contribution in [3.05, 3.63) is 45.4 Å². The Kier molecular flexibility index (Phi) is 3.28.